The Kier molecular flexibility index (Phi) is 9.16. The van der Waals surface area contributed by atoms with Crippen molar-refractivity contribution in [3.05, 3.63) is 48.2 Å². The SMILES string of the molecule is CCCOc1ccc(Oc2ncccc2CN=C(NCC)NCCNC(=O)C2CC2)cc1. The second kappa shape index (κ2) is 12.5. The highest BCUT2D eigenvalue weighted by Gasteiger charge is 2.28. The number of aromatic nitrogens is 1. The molecular weight excluding hydrogens is 406 g/mol. The molecule has 0 unspecified atom stereocenters. The number of hydrogen-bond acceptors (Lipinski definition) is 5. The van der Waals surface area contributed by atoms with Gasteiger partial charge in [0.25, 0.3) is 0 Å². The number of carbonyl (C=O) groups is 1. The molecule has 8 nitrogen and oxygen atoms in total. The average molecular weight is 440 g/mol. The molecule has 1 aliphatic rings. The highest BCUT2D eigenvalue weighted by molar-refractivity contribution is 5.81. The number of pyridine rings is 1. The van der Waals surface area contributed by atoms with Gasteiger partial charge in [-0.3, -0.25) is 4.79 Å². The maximum Gasteiger partial charge on any atom is 0.224 e. The van der Waals surface area contributed by atoms with Crippen LogP contribution in [0.4, 0.5) is 0 Å². The lowest BCUT2D eigenvalue weighted by atomic mass is 10.2. The first-order chi connectivity index (χ1) is 15.7. The van der Waals surface area contributed by atoms with Crippen molar-refractivity contribution in [1.82, 2.24) is 20.9 Å². The summed E-state index contributed by atoms with van der Waals surface area (Å²) in [4.78, 5) is 20.7. The molecule has 32 heavy (non-hydrogen) atoms. The van der Waals surface area contributed by atoms with Crippen LogP contribution in [0.15, 0.2) is 47.6 Å². The Hall–Kier alpha value is -3.29. The van der Waals surface area contributed by atoms with Gasteiger partial charge in [-0.2, -0.15) is 0 Å². The molecule has 3 rings (SSSR count). The Morgan fingerprint density at radius 3 is 2.53 bits per heavy atom. The average Bonchev–Trinajstić information content (AvgIpc) is 3.66. The monoisotopic (exact) mass is 439 g/mol. The van der Waals surface area contributed by atoms with Crippen molar-refractivity contribution in [3.63, 3.8) is 0 Å². The lowest BCUT2D eigenvalue weighted by Crippen LogP contribution is -2.41. The van der Waals surface area contributed by atoms with Gasteiger partial charge in [0, 0.05) is 37.3 Å². The van der Waals surface area contributed by atoms with Crippen LogP contribution in [0.25, 0.3) is 0 Å². The van der Waals surface area contributed by atoms with Crippen molar-refractivity contribution in [2.24, 2.45) is 10.9 Å². The van der Waals surface area contributed by atoms with E-state index in [4.69, 9.17) is 9.47 Å². The molecule has 2 aromatic rings. The van der Waals surface area contributed by atoms with Gasteiger partial charge in [0.15, 0.2) is 5.96 Å². The van der Waals surface area contributed by atoms with Crippen molar-refractivity contribution in [3.8, 4) is 17.4 Å². The summed E-state index contributed by atoms with van der Waals surface area (Å²) in [5, 5.41) is 9.41. The highest BCUT2D eigenvalue weighted by Crippen LogP contribution is 2.28. The fraction of sp³-hybridized carbons (Fsp3) is 0.458. The Labute approximate surface area is 189 Å². The van der Waals surface area contributed by atoms with E-state index >= 15 is 0 Å². The third kappa shape index (κ3) is 7.76. The summed E-state index contributed by atoms with van der Waals surface area (Å²) in [5.41, 5.74) is 0.873. The molecule has 1 aliphatic carbocycles. The second-order valence-electron chi connectivity index (χ2n) is 7.58. The number of carbonyl (C=O) groups excluding carboxylic acids is 1. The van der Waals surface area contributed by atoms with Gasteiger partial charge in [0.1, 0.15) is 11.5 Å². The number of rotatable bonds is 12. The summed E-state index contributed by atoms with van der Waals surface area (Å²) < 4.78 is 11.6. The third-order valence-electron chi connectivity index (χ3n) is 4.78. The number of guanidine groups is 1. The summed E-state index contributed by atoms with van der Waals surface area (Å²) in [6.07, 6.45) is 4.69. The maximum absolute atomic E-state index is 11.7. The van der Waals surface area contributed by atoms with E-state index in [9.17, 15) is 4.79 Å². The van der Waals surface area contributed by atoms with E-state index in [-0.39, 0.29) is 11.8 Å². The van der Waals surface area contributed by atoms with E-state index in [1.54, 1.807) is 6.20 Å². The minimum atomic E-state index is 0.149. The second-order valence-corrected chi connectivity index (χ2v) is 7.58. The molecule has 0 spiro atoms. The summed E-state index contributed by atoms with van der Waals surface area (Å²) in [6, 6.07) is 11.3. The molecule has 1 amide bonds. The van der Waals surface area contributed by atoms with Crippen LogP contribution in [0.3, 0.4) is 0 Å². The molecule has 0 bridgehead atoms. The smallest absolute Gasteiger partial charge is 0.224 e. The highest BCUT2D eigenvalue weighted by atomic mass is 16.5. The zero-order valence-electron chi connectivity index (χ0n) is 18.9. The minimum Gasteiger partial charge on any atom is -0.494 e. The van der Waals surface area contributed by atoms with Gasteiger partial charge in [-0.15, -0.1) is 0 Å². The molecule has 1 aromatic heterocycles. The number of amides is 1. The molecule has 1 heterocycles. The van der Waals surface area contributed by atoms with Crippen LogP contribution in [0.5, 0.6) is 17.4 Å². The largest absolute Gasteiger partial charge is 0.494 e. The predicted molar refractivity (Wildman–Crippen MR) is 125 cm³/mol. The summed E-state index contributed by atoms with van der Waals surface area (Å²) >= 11 is 0. The van der Waals surface area contributed by atoms with E-state index in [0.29, 0.717) is 43.8 Å². The molecule has 0 atom stereocenters. The fourth-order valence-electron chi connectivity index (χ4n) is 2.93. The van der Waals surface area contributed by atoms with E-state index in [1.807, 2.05) is 43.3 Å². The van der Waals surface area contributed by atoms with Crippen molar-refractivity contribution in [1.29, 1.82) is 0 Å². The summed E-state index contributed by atoms with van der Waals surface area (Å²) in [6.45, 7) is 7.10. The zero-order chi connectivity index (χ0) is 22.6. The normalized spacial score (nSPS) is 13.4. The third-order valence-corrected chi connectivity index (χ3v) is 4.78. The number of hydrogen-bond donors (Lipinski definition) is 3. The van der Waals surface area contributed by atoms with E-state index in [1.165, 1.54) is 0 Å². The molecule has 8 heteroatoms. The zero-order valence-corrected chi connectivity index (χ0v) is 18.9. The van der Waals surface area contributed by atoms with Crippen molar-refractivity contribution in [2.45, 2.75) is 39.7 Å². The Balaban J connectivity index is 1.55. The molecule has 3 N–H and O–H groups in total. The minimum absolute atomic E-state index is 0.149. The first kappa shape index (κ1) is 23.4. The lowest BCUT2D eigenvalue weighted by molar-refractivity contribution is -0.122. The number of aliphatic imine (C=N–C) groups is 1. The number of nitrogens with zero attached hydrogens (tertiary/aromatic N) is 2. The Bertz CT molecular complexity index is 881. The van der Waals surface area contributed by atoms with Crippen molar-refractivity contribution in [2.75, 3.05) is 26.2 Å². The first-order valence-corrected chi connectivity index (χ1v) is 11.3. The lowest BCUT2D eigenvalue weighted by Gasteiger charge is -2.13. The molecule has 1 saturated carbocycles. The molecule has 172 valence electrons. The van der Waals surface area contributed by atoms with Crippen LogP contribution >= 0.6 is 0 Å². The Morgan fingerprint density at radius 1 is 1.06 bits per heavy atom. The van der Waals surface area contributed by atoms with Gasteiger partial charge < -0.3 is 25.4 Å². The van der Waals surface area contributed by atoms with E-state index < -0.39 is 0 Å². The Morgan fingerprint density at radius 2 is 1.81 bits per heavy atom. The van der Waals surface area contributed by atoms with Gasteiger partial charge in [-0.1, -0.05) is 13.0 Å². The van der Waals surface area contributed by atoms with E-state index in [0.717, 1.165) is 37.1 Å². The molecule has 1 aromatic carbocycles. The molecular formula is C24H33N5O3. The van der Waals surface area contributed by atoms with Crippen LogP contribution in [0.1, 0.15) is 38.7 Å². The molecule has 0 radical (unpaired) electrons. The van der Waals surface area contributed by atoms with Crippen molar-refractivity contribution < 1.29 is 14.3 Å². The van der Waals surface area contributed by atoms with E-state index in [2.05, 4.69) is 32.9 Å². The van der Waals surface area contributed by atoms with Gasteiger partial charge >= 0.3 is 0 Å². The van der Waals surface area contributed by atoms with Gasteiger partial charge in [-0.25, -0.2) is 9.98 Å². The number of benzene rings is 1. The fourth-order valence-corrected chi connectivity index (χ4v) is 2.93. The van der Waals surface area contributed by atoms with Crippen LogP contribution in [0, 0.1) is 5.92 Å². The quantitative estimate of drug-likeness (QED) is 0.267. The van der Waals surface area contributed by atoms with Crippen LogP contribution in [-0.2, 0) is 11.3 Å². The maximum atomic E-state index is 11.7. The first-order valence-electron chi connectivity index (χ1n) is 11.3. The molecule has 0 aliphatic heterocycles. The molecule has 1 fully saturated rings. The predicted octanol–water partition coefficient (Wildman–Crippen LogP) is 3.24. The van der Waals surface area contributed by atoms with Gasteiger partial charge in [0.2, 0.25) is 11.8 Å². The number of nitrogens with one attached hydrogen (secondary N) is 3. The van der Waals surface area contributed by atoms with Crippen LogP contribution in [0.2, 0.25) is 0 Å². The summed E-state index contributed by atoms with van der Waals surface area (Å²) in [7, 11) is 0. The van der Waals surface area contributed by atoms with Crippen LogP contribution in [-0.4, -0.2) is 43.1 Å². The molecule has 0 saturated heterocycles. The standard InChI is InChI=1S/C24H33N5O3/c1-3-16-31-20-9-11-21(12-10-20)32-23-19(6-5-13-27-23)17-29-24(25-4-2)28-15-14-26-22(30)18-7-8-18/h5-6,9-13,18H,3-4,7-8,14-17H2,1-2H3,(H,26,30)(H2,25,28,29). The topological polar surface area (TPSA) is 96.9 Å². The summed E-state index contributed by atoms with van der Waals surface area (Å²) in [5.74, 6) is 3.08. The van der Waals surface area contributed by atoms with Gasteiger partial charge in [0.05, 0.1) is 13.2 Å². The van der Waals surface area contributed by atoms with Crippen LogP contribution < -0.4 is 25.4 Å². The van der Waals surface area contributed by atoms with Crippen molar-refractivity contribution >= 4 is 11.9 Å². The number of ether oxygens (including phenoxy) is 2. The van der Waals surface area contributed by atoms with Gasteiger partial charge in [-0.05, 0) is 56.5 Å².